The molecule has 132 valence electrons. The molecule has 25 heavy (non-hydrogen) atoms. The number of aryl methyl sites for hydroxylation is 1. The molecule has 0 atom stereocenters. The van der Waals surface area contributed by atoms with Crippen LogP contribution in [-0.4, -0.2) is 36.7 Å². The number of hydrogen-bond acceptors (Lipinski definition) is 4. The van der Waals surface area contributed by atoms with Gasteiger partial charge in [0.25, 0.3) is 11.8 Å². The van der Waals surface area contributed by atoms with Crippen LogP contribution in [0.15, 0.2) is 18.2 Å². The normalized spacial score (nSPS) is 10.3. The second-order valence-corrected chi connectivity index (χ2v) is 5.63. The fraction of sp³-hybridized carbons (Fsp3) is 0.278. The first-order valence-corrected chi connectivity index (χ1v) is 7.71. The maximum atomic E-state index is 12.6. The molecule has 0 saturated heterocycles. The van der Waals surface area contributed by atoms with Gasteiger partial charge in [-0.05, 0) is 44.5 Å². The number of nitrogens with one attached hydrogen (secondary N) is 3. The van der Waals surface area contributed by atoms with Crippen LogP contribution in [0, 0.1) is 13.8 Å². The SMILES string of the molecule is CNC(=O)c1cc(OC)ccc1NC(=O)c1[nH]c(C)c(C(C)=O)c1C. The topological polar surface area (TPSA) is 100 Å². The maximum Gasteiger partial charge on any atom is 0.272 e. The maximum absolute atomic E-state index is 12.6. The number of aromatic amines is 1. The number of aromatic nitrogens is 1. The number of benzene rings is 1. The summed E-state index contributed by atoms with van der Waals surface area (Å²) >= 11 is 0. The number of ketones is 1. The van der Waals surface area contributed by atoms with E-state index >= 15 is 0 Å². The summed E-state index contributed by atoms with van der Waals surface area (Å²) in [5, 5.41) is 5.24. The average molecular weight is 343 g/mol. The number of anilines is 1. The third-order valence-corrected chi connectivity index (χ3v) is 3.96. The highest BCUT2D eigenvalue weighted by Gasteiger charge is 2.21. The summed E-state index contributed by atoms with van der Waals surface area (Å²) in [7, 11) is 3.00. The number of Topliss-reactive ketones (excluding diaryl/α,β-unsaturated/α-hetero) is 1. The Morgan fingerprint density at radius 1 is 1.12 bits per heavy atom. The van der Waals surface area contributed by atoms with Crippen molar-refractivity contribution in [2.45, 2.75) is 20.8 Å². The van der Waals surface area contributed by atoms with Gasteiger partial charge in [-0.25, -0.2) is 0 Å². The van der Waals surface area contributed by atoms with E-state index in [1.807, 2.05) is 0 Å². The summed E-state index contributed by atoms with van der Waals surface area (Å²) in [5.41, 5.74) is 2.64. The van der Waals surface area contributed by atoms with Gasteiger partial charge in [0.1, 0.15) is 11.4 Å². The zero-order valence-corrected chi connectivity index (χ0v) is 14.9. The van der Waals surface area contributed by atoms with Crippen molar-refractivity contribution in [2.24, 2.45) is 0 Å². The number of carbonyl (C=O) groups is 3. The first-order chi connectivity index (χ1) is 11.8. The number of rotatable bonds is 5. The van der Waals surface area contributed by atoms with Crippen molar-refractivity contribution in [1.29, 1.82) is 0 Å². The Labute approximate surface area is 145 Å². The van der Waals surface area contributed by atoms with E-state index in [0.717, 1.165) is 0 Å². The van der Waals surface area contributed by atoms with Crippen LogP contribution in [0.1, 0.15) is 49.4 Å². The molecule has 0 bridgehead atoms. The van der Waals surface area contributed by atoms with Crippen molar-refractivity contribution in [3.8, 4) is 5.75 Å². The van der Waals surface area contributed by atoms with E-state index in [4.69, 9.17) is 4.74 Å². The molecule has 1 heterocycles. The fourth-order valence-corrected chi connectivity index (χ4v) is 2.77. The number of H-pyrrole nitrogens is 1. The third kappa shape index (κ3) is 3.55. The molecule has 2 amide bonds. The Bertz CT molecular complexity index is 852. The highest BCUT2D eigenvalue weighted by Crippen LogP contribution is 2.24. The van der Waals surface area contributed by atoms with Crippen molar-refractivity contribution in [3.63, 3.8) is 0 Å². The predicted octanol–water partition coefficient (Wildman–Crippen LogP) is 2.45. The van der Waals surface area contributed by atoms with E-state index in [1.165, 1.54) is 21.1 Å². The number of hydrogen-bond donors (Lipinski definition) is 3. The smallest absolute Gasteiger partial charge is 0.272 e. The first-order valence-electron chi connectivity index (χ1n) is 7.71. The second kappa shape index (κ2) is 7.21. The van der Waals surface area contributed by atoms with E-state index in [-0.39, 0.29) is 17.3 Å². The van der Waals surface area contributed by atoms with Gasteiger partial charge in [-0.2, -0.15) is 0 Å². The van der Waals surface area contributed by atoms with Crippen LogP contribution in [0.3, 0.4) is 0 Å². The van der Waals surface area contributed by atoms with Gasteiger partial charge in [0.2, 0.25) is 0 Å². The number of ether oxygens (including phenoxy) is 1. The lowest BCUT2D eigenvalue weighted by Crippen LogP contribution is -2.22. The molecule has 7 heteroatoms. The van der Waals surface area contributed by atoms with Gasteiger partial charge >= 0.3 is 0 Å². The molecule has 1 aromatic carbocycles. The average Bonchev–Trinajstić information content (AvgIpc) is 2.89. The van der Waals surface area contributed by atoms with Crippen LogP contribution in [0.2, 0.25) is 0 Å². The van der Waals surface area contributed by atoms with E-state index in [2.05, 4.69) is 15.6 Å². The first kappa shape index (κ1) is 18.3. The van der Waals surface area contributed by atoms with Crippen molar-refractivity contribution in [3.05, 3.63) is 46.3 Å². The van der Waals surface area contributed by atoms with Crippen LogP contribution in [0.5, 0.6) is 5.75 Å². The largest absolute Gasteiger partial charge is 0.497 e. The summed E-state index contributed by atoms with van der Waals surface area (Å²) in [6, 6.07) is 4.79. The minimum absolute atomic E-state index is 0.110. The van der Waals surface area contributed by atoms with Crippen LogP contribution < -0.4 is 15.4 Å². The van der Waals surface area contributed by atoms with Crippen LogP contribution in [-0.2, 0) is 0 Å². The summed E-state index contributed by atoms with van der Waals surface area (Å²) in [6.45, 7) is 4.91. The summed E-state index contributed by atoms with van der Waals surface area (Å²) in [5.74, 6) is -0.385. The lowest BCUT2D eigenvalue weighted by molar-refractivity contribution is 0.0962. The molecular formula is C18H21N3O4. The molecule has 0 unspecified atom stereocenters. The Kier molecular flexibility index (Phi) is 5.26. The number of amides is 2. The fourth-order valence-electron chi connectivity index (χ4n) is 2.77. The van der Waals surface area contributed by atoms with E-state index in [0.29, 0.717) is 34.0 Å². The van der Waals surface area contributed by atoms with Gasteiger partial charge < -0.3 is 20.4 Å². The quantitative estimate of drug-likeness (QED) is 0.726. The van der Waals surface area contributed by atoms with Crippen molar-refractivity contribution >= 4 is 23.3 Å². The molecule has 0 radical (unpaired) electrons. The Hall–Kier alpha value is -3.09. The molecule has 2 rings (SSSR count). The van der Waals surface area contributed by atoms with Crippen LogP contribution in [0.4, 0.5) is 5.69 Å². The van der Waals surface area contributed by atoms with Crippen molar-refractivity contribution < 1.29 is 19.1 Å². The summed E-state index contributed by atoms with van der Waals surface area (Å²) in [6.07, 6.45) is 0. The Morgan fingerprint density at radius 3 is 2.32 bits per heavy atom. The van der Waals surface area contributed by atoms with E-state index in [9.17, 15) is 14.4 Å². The number of carbonyl (C=O) groups excluding carboxylic acids is 3. The molecule has 0 aliphatic heterocycles. The van der Waals surface area contributed by atoms with Gasteiger partial charge in [0.15, 0.2) is 5.78 Å². The van der Waals surface area contributed by atoms with E-state index < -0.39 is 5.91 Å². The zero-order chi connectivity index (χ0) is 18.7. The molecule has 0 spiro atoms. The minimum atomic E-state index is -0.427. The molecule has 0 aliphatic rings. The Morgan fingerprint density at radius 2 is 1.80 bits per heavy atom. The molecule has 2 aromatic rings. The van der Waals surface area contributed by atoms with Gasteiger partial charge in [0.05, 0.1) is 18.4 Å². The highest BCUT2D eigenvalue weighted by atomic mass is 16.5. The minimum Gasteiger partial charge on any atom is -0.497 e. The highest BCUT2D eigenvalue weighted by molar-refractivity contribution is 6.10. The lowest BCUT2D eigenvalue weighted by atomic mass is 10.1. The van der Waals surface area contributed by atoms with Crippen molar-refractivity contribution in [2.75, 3.05) is 19.5 Å². The summed E-state index contributed by atoms with van der Waals surface area (Å²) < 4.78 is 5.12. The van der Waals surface area contributed by atoms with Gasteiger partial charge in [-0.15, -0.1) is 0 Å². The predicted molar refractivity (Wildman–Crippen MR) is 94.6 cm³/mol. The monoisotopic (exact) mass is 343 g/mol. The molecular weight excluding hydrogens is 322 g/mol. The zero-order valence-electron chi connectivity index (χ0n) is 14.9. The van der Waals surface area contributed by atoms with Gasteiger partial charge in [0, 0.05) is 18.3 Å². The third-order valence-electron chi connectivity index (χ3n) is 3.96. The van der Waals surface area contributed by atoms with E-state index in [1.54, 1.807) is 32.0 Å². The molecule has 3 N–H and O–H groups in total. The molecule has 0 aliphatic carbocycles. The molecule has 0 fully saturated rings. The summed E-state index contributed by atoms with van der Waals surface area (Å²) in [4.78, 5) is 39.3. The lowest BCUT2D eigenvalue weighted by Gasteiger charge is -2.12. The molecule has 7 nitrogen and oxygen atoms in total. The van der Waals surface area contributed by atoms with Gasteiger partial charge in [-0.3, -0.25) is 14.4 Å². The van der Waals surface area contributed by atoms with Crippen LogP contribution in [0.25, 0.3) is 0 Å². The second-order valence-electron chi connectivity index (χ2n) is 5.63. The molecule has 0 saturated carbocycles. The number of methoxy groups -OCH3 is 1. The Balaban J connectivity index is 2.40. The standard InChI is InChI=1S/C18H21N3O4/c1-9-15(11(3)22)10(2)20-16(9)18(24)21-14-7-6-12(25-5)8-13(14)17(23)19-4/h6-8,20H,1-5H3,(H,19,23)(H,21,24). The van der Waals surface area contributed by atoms with Crippen molar-refractivity contribution in [1.82, 2.24) is 10.3 Å². The van der Waals surface area contributed by atoms with Crippen LogP contribution >= 0.6 is 0 Å². The molecule has 1 aromatic heterocycles. The van der Waals surface area contributed by atoms with Gasteiger partial charge in [-0.1, -0.05) is 0 Å².